The first-order valence-electron chi connectivity index (χ1n) is 6.99. The lowest BCUT2D eigenvalue weighted by Crippen LogP contribution is -2.49. The molecule has 2 aliphatic carbocycles. The number of ether oxygens (including phenoxy) is 1. The lowest BCUT2D eigenvalue weighted by molar-refractivity contribution is -0.144. The number of allylic oxidation sites excluding steroid dienone is 1. The van der Waals surface area contributed by atoms with Crippen LogP contribution < -0.4 is 0 Å². The largest absolute Gasteiger partial charge is 0.457 e. The van der Waals surface area contributed by atoms with E-state index in [1.807, 2.05) is 13.8 Å². The quantitative estimate of drug-likeness (QED) is 0.675. The Balaban J connectivity index is 2.11. The van der Waals surface area contributed by atoms with E-state index in [0.717, 1.165) is 18.4 Å². The van der Waals surface area contributed by atoms with Crippen molar-refractivity contribution in [2.24, 2.45) is 17.3 Å². The smallest absolute Gasteiger partial charge is 0.309 e. The fourth-order valence-electron chi connectivity index (χ4n) is 4.05. The molecule has 0 radical (unpaired) electrons. The van der Waals surface area contributed by atoms with Gasteiger partial charge >= 0.3 is 5.97 Å². The molecule has 1 aliphatic heterocycles. The molecule has 104 valence electrons. The second kappa shape index (κ2) is 3.92. The average Bonchev–Trinajstić information content (AvgIpc) is 2.63. The molecule has 4 heteroatoms. The molecule has 1 heterocycles. The summed E-state index contributed by atoms with van der Waals surface area (Å²) in [6, 6.07) is 0. The van der Waals surface area contributed by atoms with Gasteiger partial charge in [-0.15, -0.1) is 0 Å². The van der Waals surface area contributed by atoms with Gasteiger partial charge in [0.1, 0.15) is 6.10 Å². The average molecular weight is 264 g/mol. The number of Topliss-reactive ketones (excluding diaryl/α,β-unsaturated/α-hetero) is 1. The van der Waals surface area contributed by atoms with Crippen LogP contribution in [-0.4, -0.2) is 29.1 Å². The first kappa shape index (κ1) is 12.9. The summed E-state index contributed by atoms with van der Waals surface area (Å²) >= 11 is 0. The molecule has 1 saturated heterocycles. The van der Waals surface area contributed by atoms with Gasteiger partial charge in [-0.25, -0.2) is 0 Å². The topological polar surface area (TPSA) is 63.6 Å². The molecule has 4 nitrogen and oxygen atoms in total. The number of carbonyl (C=O) groups excluding carboxylic acids is 2. The van der Waals surface area contributed by atoms with Crippen molar-refractivity contribution >= 4 is 11.8 Å². The van der Waals surface area contributed by atoms with E-state index in [9.17, 15) is 14.7 Å². The number of aliphatic hydroxyl groups is 1. The minimum Gasteiger partial charge on any atom is -0.457 e. The van der Waals surface area contributed by atoms with Crippen molar-refractivity contribution in [2.75, 3.05) is 0 Å². The van der Waals surface area contributed by atoms with Gasteiger partial charge in [0.05, 0.1) is 12.0 Å². The molecule has 0 aromatic heterocycles. The lowest BCUT2D eigenvalue weighted by atomic mass is 9.58. The Morgan fingerprint density at radius 1 is 1.37 bits per heavy atom. The summed E-state index contributed by atoms with van der Waals surface area (Å²) < 4.78 is 5.52. The van der Waals surface area contributed by atoms with Crippen LogP contribution in [0.25, 0.3) is 0 Å². The van der Waals surface area contributed by atoms with Gasteiger partial charge in [0.25, 0.3) is 0 Å². The molecule has 2 fully saturated rings. The van der Waals surface area contributed by atoms with Crippen LogP contribution in [0.4, 0.5) is 0 Å². The number of hydrogen-bond acceptors (Lipinski definition) is 4. The first-order valence-corrected chi connectivity index (χ1v) is 6.99. The number of aliphatic hydroxyl groups excluding tert-OH is 1. The molecule has 0 amide bonds. The maximum absolute atomic E-state index is 12.0. The van der Waals surface area contributed by atoms with Gasteiger partial charge in [-0.3, -0.25) is 9.59 Å². The molecule has 5 atom stereocenters. The van der Waals surface area contributed by atoms with Gasteiger partial charge < -0.3 is 9.84 Å². The van der Waals surface area contributed by atoms with Gasteiger partial charge in [0.15, 0.2) is 5.78 Å². The minimum absolute atomic E-state index is 0.0174. The van der Waals surface area contributed by atoms with Crippen molar-refractivity contribution in [3.05, 3.63) is 11.1 Å². The van der Waals surface area contributed by atoms with E-state index in [-0.39, 0.29) is 36.1 Å². The van der Waals surface area contributed by atoms with Crippen molar-refractivity contribution in [2.45, 2.75) is 52.2 Å². The molecule has 0 bridgehead atoms. The maximum Gasteiger partial charge on any atom is 0.309 e. The van der Waals surface area contributed by atoms with E-state index in [1.165, 1.54) is 0 Å². The third-order valence-electron chi connectivity index (χ3n) is 5.48. The van der Waals surface area contributed by atoms with Crippen LogP contribution in [0.2, 0.25) is 0 Å². The Morgan fingerprint density at radius 3 is 2.74 bits per heavy atom. The number of ketones is 1. The molecule has 0 aromatic rings. The second-order valence-electron chi connectivity index (χ2n) is 6.45. The Hall–Kier alpha value is -1.16. The zero-order chi connectivity index (χ0) is 13.9. The third-order valence-corrected chi connectivity index (χ3v) is 5.48. The number of carbonyl (C=O) groups is 2. The SMILES string of the molecule is CC1=C2[C@H]3OC(=O)[C@@H](C)[C@@H]3CC[C@@]2(C)[C@@H](O)CC1=O. The van der Waals surface area contributed by atoms with Crippen molar-refractivity contribution in [1.29, 1.82) is 0 Å². The third kappa shape index (κ3) is 1.55. The predicted molar refractivity (Wildman–Crippen MR) is 68.2 cm³/mol. The summed E-state index contributed by atoms with van der Waals surface area (Å²) in [7, 11) is 0. The van der Waals surface area contributed by atoms with Crippen molar-refractivity contribution in [3.8, 4) is 0 Å². The van der Waals surface area contributed by atoms with Crippen LogP contribution in [0.1, 0.15) is 40.0 Å². The van der Waals surface area contributed by atoms with Crippen molar-refractivity contribution < 1.29 is 19.4 Å². The van der Waals surface area contributed by atoms with Crippen LogP contribution >= 0.6 is 0 Å². The maximum atomic E-state index is 12.0. The fourth-order valence-corrected chi connectivity index (χ4v) is 4.05. The highest BCUT2D eigenvalue weighted by Gasteiger charge is 2.56. The van der Waals surface area contributed by atoms with E-state index in [4.69, 9.17) is 4.74 Å². The zero-order valence-corrected chi connectivity index (χ0v) is 11.6. The lowest BCUT2D eigenvalue weighted by Gasteiger charge is -2.48. The van der Waals surface area contributed by atoms with Gasteiger partial charge in [0.2, 0.25) is 0 Å². The molecule has 0 aromatic carbocycles. The highest BCUT2D eigenvalue weighted by Crippen LogP contribution is 2.54. The molecule has 3 rings (SSSR count). The van der Waals surface area contributed by atoms with Crippen LogP contribution in [-0.2, 0) is 14.3 Å². The monoisotopic (exact) mass is 264 g/mol. The Morgan fingerprint density at radius 2 is 2.05 bits per heavy atom. The summed E-state index contributed by atoms with van der Waals surface area (Å²) in [6.45, 7) is 5.70. The Bertz CT molecular complexity index is 492. The molecule has 19 heavy (non-hydrogen) atoms. The standard InChI is InChI=1S/C15H20O4/c1-7-9-4-5-15(3)11(17)6-10(16)8(2)12(15)13(9)19-14(7)18/h7,9,11,13,17H,4-6H2,1-3H3/t7-,9-,11-,13-,15-/m0/s1. The summed E-state index contributed by atoms with van der Waals surface area (Å²) in [5.41, 5.74) is 1.17. The van der Waals surface area contributed by atoms with E-state index in [1.54, 1.807) is 6.92 Å². The Kier molecular flexibility index (Phi) is 2.65. The van der Waals surface area contributed by atoms with Gasteiger partial charge in [-0.05, 0) is 30.9 Å². The number of esters is 1. The van der Waals surface area contributed by atoms with Crippen molar-refractivity contribution in [3.63, 3.8) is 0 Å². The molecule has 0 unspecified atom stereocenters. The molecule has 0 spiro atoms. The summed E-state index contributed by atoms with van der Waals surface area (Å²) in [6.07, 6.45) is 0.911. The van der Waals surface area contributed by atoms with E-state index >= 15 is 0 Å². The van der Waals surface area contributed by atoms with E-state index in [2.05, 4.69) is 0 Å². The Labute approximate surface area is 112 Å². The van der Waals surface area contributed by atoms with E-state index < -0.39 is 11.5 Å². The first-order chi connectivity index (χ1) is 8.86. The predicted octanol–water partition coefficient (Wildman–Crippen LogP) is 1.61. The summed E-state index contributed by atoms with van der Waals surface area (Å²) in [4.78, 5) is 23.8. The van der Waals surface area contributed by atoms with Crippen LogP contribution in [0.3, 0.4) is 0 Å². The minimum atomic E-state index is -0.658. The van der Waals surface area contributed by atoms with E-state index in [0.29, 0.717) is 5.57 Å². The second-order valence-corrected chi connectivity index (χ2v) is 6.45. The molecule has 1 N–H and O–H groups in total. The van der Waals surface area contributed by atoms with Crippen LogP contribution in [0.5, 0.6) is 0 Å². The van der Waals surface area contributed by atoms with Crippen LogP contribution in [0.15, 0.2) is 11.1 Å². The molecular weight excluding hydrogens is 244 g/mol. The number of fused-ring (bicyclic) bond motifs is 3. The molecule has 1 saturated carbocycles. The highest BCUT2D eigenvalue weighted by atomic mass is 16.6. The summed E-state index contributed by atoms with van der Waals surface area (Å²) in [5.74, 6) is -0.143. The number of hydrogen-bond donors (Lipinski definition) is 1. The molecular formula is C15H20O4. The zero-order valence-electron chi connectivity index (χ0n) is 11.6. The van der Waals surface area contributed by atoms with Crippen LogP contribution in [0, 0.1) is 17.3 Å². The number of rotatable bonds is 0. The van der Waals surface area contributed by atoms with Gasteiger partial charge in [-0.1, -0.05) is 13.8 Å². The fraction of sp³-hybridized carbons (Fsp3) is 0.733. The molecule has 3 aliphatic rings. The normalized spacial score (nSPS) is 45.9. The van der Waals surface area contributed by atoms with Crippen molar-refractivity contribution in [1.82, 2.24) is 0 Å². The van der Waals surface area contributed by atoms with Gasteiger partial charge in [-0.2, -0.15) is 0 Å². The summed E-state index contributed by atoms with van der Waals surface area (Å²) in [5, 5.41) is 10.3. The van der Waals surface area contributed by atoms with Gasteiger partial charge in [0, 0.05) is 17.8 Å². The highest BCUT2D eigenvalue weighted by molar-refractivity contribution is 5.97.